The number of nitrogens with zero attached hydrogens (tertiary/aromatic N) is 2. The van der Waals surface area contributed by atoms with Crippen LogP contribution < -0.4 is 14.8 Å². The Morgan fingerprint density at radius 1 is 1.17 bits per heavy atom. The summed E-state index contributed by atoms with van der Waals surface area (Å²) in [5, 5.41) is 4.30. The molecule has 0 aliphatic carbocycles. The van der Waals surface area contributed by atoms with Crippen molar-refractivity contribution in [3.05, 3.63) is 57.6 Å². The zero-order chi connectivity index (χ0) is 21.3. The average molecular weight is 444 g/mol. The highest BCUT2D eigenvalue weighted by Crippen LogP contribution is 2.36. The first-order chi connectivity index (χ1) is 14.5. The van der Waals surface area contributed by atoms with E-state index in [-0.39, 0.29) is 6.03 Å². The molecule has 0 saturated carbocycles. The predicted molar refractivity (Wildman–Crippen MR) is 120 cm³/mol. The molecule has 3 aromatic rings. The van der Waals surface area contributed by atoms with Gasteiger partial charge in [0, 0.05) is 29.5 Å². The first-order valence-electron chi connectivity index (χ1n) is 9.51. The van der Waals surface area contributed by atoms with Gasteiger partial charge in [-0.2, -0.15) is 0 Å². The quantitative estimate of drug-likeness (QED) is 0.588. The maximum Gasteiger partial charge on any atom is 0.322 e. The third kappa shape index (κ3) is 4.08. The van der Waals surface area contributed by atoms with Crippen LogP contribution in [0.15, 0.2) is 36.4 Å². The number of urea groups is 1. The van der Waals surface area contributed by atoms with Crippen molar-refractivity contribution in [1.29, 1.82) is 0 Å². The fourth-order valence-corrected chi connectivity index (χ4v) is 4.71. The molecule has 0 unspecified atom stereocenters. The molecule has 0 fully saturated rings. The molecule has 0 radical (unpaired) electrons. The van der Waals surface area contributed by atoms with Gasteiger partial charge in [-0.05, 0) is 13.0 Å². The van der Waals surface area contributed by atoms with Gasteiger partial charge in [-0.3, -0.25) is 0 Å². The van der Waals surface area contributed by atoms with Crippen molar-refractivity contribution in [1.82, 2.24) is 9.88 Å². The molecule has 4 rings (SSSR count). The molecule has 0 atom stereocenters. The van der Waals surface area contributed by atoms with Gasteiger partial charge in [0.2, 0.25) is 0 Å². The molecule has 6 nitrogen and oxygen atoms in total. The molecule has 30 heavy (non-hydrogen) atoms. The molecule has 2 heterocycles. The van der Waals surface area contributed by atoms with E-state index >= 15 is 0 Å². The van der Waals surface area contributed by atoms with Crippen LogP contribution in [0.5, 0.6) is 11.5 Å². The second-order valence-electron chi connectivity index (χ2n) is 7.04. The van der Waals surface area contributed by atoms with Gasteiger partial charge in [0.25, 0.3) is 0 Å². The summed E-state index contributed by atoms with van der Waals surface area (Å²) in [6, 6.07) is 11.4. The number of hydrogen-bond donors (Lipinski definition) is 1. The molecule has 2 amide bonds. The Kier molecular flexibility index (Phi) is 5.83. The summed E-state index contributed by atoms with van der Waals surface area (Å²) >= 11 is 7.85. The van der Waals surface area contributed by atoms with Gasteiger partial charge >= 0.3 is 6.03 Å². The Morgan fingerprint density at radius 2 is 1.90 bits per heavy atom. The minimum Gasteiger partial charge on any atom is -0.495 e. The average Bonchev–Trinajstić information content (AvgIpc) is 3.17. The maximum atomic E-state index is 12.9. The summed E-state index contributed by atoms with van der Waals surface area (Å²) < 4.78 is 10.6. The monoisotopic (exact) mass is 443 g/mol. The highest BCUT2D eigenvalue weighted by Gasteiger charge is 2.25. The van der Waals surface area contributed by atoms with Crippen LogP contribution in [0.25, 0.3) is 10.6 Å². The van der Waals surface area contributed by atoms with Crippen molar-refractivity contribution in [2.75, 3.05) is 26.1 Å². The topological polar surface area (TPSA) is 63.7 Å². The van der Waals surface area contributed by atoms with E-state index in [4.69, 9.17) is 26.1 Å². The molecule has 8 heteroatoms. The van der Waals surface area contributed by atoms with Crippen molar-refractivity contribution < 1.29 is 14.3 Å². The van der Waals surface area contributed by atoms with Crippen molar-refractivity contribution in [2.45, 2.75) is 19.9 Å². The Labute approximate surface area is 184 Å². The minimum atomic E-state index is -0.203. The smallest absolute Gasteiger partial charge is 0.322 e. The third-order valence-corrected chi connectivity index (χ3v) is 6.46. The van der Waals surface area contributed by atoms with Gasteiger partial charge in [-0.25, -0.2) is 9.78 Å². The fraction of sp³-hybridized carbons (Fsp3) is 0.273. The lowest BCUT2D eigenvalue weighted by molar-refractivity contribution is 0.206. The largest absolute Gasteiger partial charge is 0.495 e. The van der Waals surface area contributed by atoms with E-state index in [1.54, 1.807) is 28.4 Å². The number of hydrogen-bond acceptors (Lipinski definition) is 5. The van der Waals surface area contributed by atoms with Crippen LogP contribution in [0, 0.1) is 6.92 Å². The van der Waals surface area contributed by atoms with E-state index in [1.807, 2.05) is 0 Å². The zero-order valence-electron chi connectivity index (χ0n) is 17.0. The Bertz CT molecular complexity index is 1080. The molecule has 0 saturated heterocycles. The number of carbonyl (C=O) groups is 1. The summed E-state index contributed by atoms with van der Waals surface area (Å²) in [5.74, 6) is 0.976. The van der Waals surface area contributed by atoms with Crippen LogP contribution in [-0.4, -0.2) is 36.7 Å². The Morgan fingerprint density at radius 3 is 2.60 bits per heavy atom. The van der Waals surface area contributed by atoms with Crippen LogP contribution in [-0.2, 0) is 13.0 Å². The number of thiazole rings is 1. The van der Waals surface area contributed by atoms with Crippen molar-refractivity contribution in [3.8, 4) is 22.1 Å². The summed E-state index contributed by atoms with van der Waals surface area (Å²) in [5.41, 5.74) is 3.90. The highest BCUT2D eigenvalue weighted by molar-refractivity contribution is 7.15. The number of methoxy groups -OCH3 is 2. The Hall–Kier alpha value is -2.77. The lowest BCUT2D eigenvalue weighted by Gasteiger charge is -2.26. The number of benzene rings is 2. The summed E-state index contributed by atoms with van der Waals surface area (Å²) in [6.45, 7) is 3.19. The lowest BCUT2D eigenvalue weighted by atomic mass is 10.1. The molecule has 1 N–H and O–H groups in total. The number of fused-ring (bicyclic) bond motifs is 1. The number of ether oxygens (including phenoxy) is 2. The summed E-state index contributed by atoms with van der Waals surface area (Å²) in [7, 11) is 3.07. The number of rotatable bonds is 4. The Balaban J connectivity index is 1.50. The maximum absolute atomic E-state index is 12.9. The van der Waals surface area contributed by atoms with Gasteiger partial charge in [0.15, 0.2) is 0 Å². The SMILES string of the molecule is COc1cc(OC)c(NC(=O)N2CCc3nc(-c4ccc(C)cc4)sc3C2)cc1Cl. The van der Waals surface area contributed by atoms with Crippen LogP contribution in [0.2, 0.25) is 5.02 Å². The first-order valence-corrected chi connectivity index (χ1v) is 10.7. The van der Waals surface area contributed by atoms with Crippen LogP contribution in [0.1, 0.15) is 16.1 Å². The van der Waals surface area contributed by atoms with Crippen LogP contribution in [0.4, 0.5) is 10.5 Å². The van der Waals surface area contributed by atoms with Gasteiger partial charge in [-0.1, -0.05) is 41.4 Å². The summed E-state index contributed by atoms with van der Waals surface area (Å²) in [6.07, 6.45) is 0.728. The van der Waals surface area contributed by atoms with E-state index in [0.29, 0.717) is 35.3 Å². The molecule has 0 bridgehead atoms. The second kappa shape index (κ2) is 8.53. The van der Waals surface area contributed by atoms with Gasteiger partial charge in [-0.15, -0.1) is 11.3 Å². The van der Waals surface area contributed by atoms with E-state index in [1.165, 1.54) is 19.8 Å². The van der Waals surface area contributed by atoms with Crippen molar-refractivity contribution >= 4 is 34.7 Å². The van der Waals surface area contributed by atoms with Gasteiger partial charge in [0.1, 0.15) is 16.5 Å². The molecule has 156 valence electrons. The number of anilines is 1. The van der Waals surface area contributed by atoms with E-state index in [2.05, 4.69) is 36.5 Å². The molecule has 1 aromatic heterocycles. The number of aromatic nitrogens is 1. The van der Waals surface area contributed by atoms with Crippen LogP contribution >= 0.6 is 22.9 Å². The van der Waals surface area contributed by atoms with Gasteiger partial charge < -0.3 is 19.7 Å². The van der Waals surface area contributed by atoms with E-state index in [9.17, 15) is 4.79 Å². The molecule has 1 aliphatic heterocycles. The zero-order valence-corrected chi connectivity index (χ0v) is 18.6. The number of aryl methyl sites for hydroxylation is 1. The number of nitrogens with one attached hydrogen (secondary N) is 1. The van der Waals surface area contributed by atoms with E-state index in [0.717, 1.165) is 27.6 Å². The second-order valence-corrected chi connectivity index (χ2v) is 8.53. The number of amides is 2. The van der Waals surface area contributed by atoms with Crippen molar-refractivity contribution in [3.63, 3.8) is 0 Å². The molecule has 0 spiro atoms. The molecule has 2 aromatic carbocycles. The molecular weight excluding hydrogens is 422 g/mol. The highest BCUT2D eigenvalue weighted by atomic mass is 35.5. The summed E-state index contributed by atoms with van der Waals surface area (Å²) in [4.78, 5) is 20.6. The predicted octanol–water partition coefficient (Wildman–Crippen LogP) is 5.38. The standard InChI is InChI=1S/C22H22ClN3O3S/c1-13-4-6-14(7-5-13)21-24-16-8-9-26(12-20(16)30-21)22(27)25-17-10-15(23)18(28-2)11-19(17)29-3/h4-7,10-11H,8-9,12H2,1-3H3,(H,25,27). The molecule has 1 aliphatic rings. The normalized spacial score (nSPS) is 13.0. The number of carbonyl (C=O) groups excluding carboxylic acids is 1. The first kappa shape index (κ1) is 20.5. The molecular formula is C22H22ClN3O3S. The van der Waals surface area contributed by atoms with Crippen molar-refractivity contribution in [2.24, 2.45) is 0 Å². The van der Waals surface area contributed by atoms with E-state index < -0.39 is 0 Å². The fourth-order valence-electron chi connectivity index (χ4n) is 3.34. The van der Waals surface area contributed by atoms with Gasteiger partial charge in [0.05, 0.1) is 37.2 Å². The number of halogens is 1. The van der Waals surface area contributed by atoms with Crippen LogP contribution in [0.3, 0.4) is 0 Å². The minimum absolute atomic E-state index is 0.203. The lowest BCUT2D eigenvalue weighted by Crippen LogP contribution is -2.38. The third-order valence-electron chi connectivity index (χ3n) is 5.03.